The minimum atomic E-state index is 0.799. The molecule has 21 heavy (non-hydrogen) atoms. The van der Waals surface area contributed by atoms with E-state index in [1.165, 1.54) is 41.8 Å². The number of benzene rings is 1. The molecule has 3 nitrogen and oxygen atoms in total. The Morgan fingerprint density at radius 3 is 2.76 bits per heavy atom. The van der Waals surface area contributed by atoms with E-state index in [1.807, 2.05) is 23.5 Å². The van der Waals surface area contributed by atoms with E-state index in [1.54, 1.807) is 0 Å². The van der Waals surface area contributed by atoms with Gasteiger partial charge < -0.3 is 5.32 Å². The number of rotatable bonds is 5. The van der Waals surface area contributed by atoms with Gasteiger partial charge in [0.05, 0.1) is 5.69 Å². The molecule has 3 rings (SSSR count). The lowest BCUT2D eigenvalue weighted by Crippen LogP contribution is -2.02. The van der Waals surface area contributed by atoms with Crippen LogP contribution in [0.15, 0.2) is 35.4 Å². The molecule has 0 radical (unpaired) electrons. The Hall–Kier alpha value is -1.42. The highest BCUT2D eigenvalue weighted by molar-refractivity contribution is 8.00. The van der Waals surface area contributed by atoms with Crippen LogP contribution in [0.5, 0.6) is 0 Å². The van der Waals surface area contributed by atoms with Crippen LogP contribution >= 0.6 is 11.8 Å². The zero-order chi connectivity index (χ0) is 14.7. The number of hydrogen-bond donors (Lipinski definition) is 1. The predicted octanol–water partition coefficient (Wildman–Crippen LogP) is 4.38. The Bertz CT molecular complexity index is 600. The molecule has 1 fully saturated rings. The summed E-state index contributed by atoms with van der Waals surface area (Å²) in [5.74, 6) is 0. The fourth-order valence-electron chi connectivity index (χ4n) is 2.91. The molecule has 0 saturated heterocycles. The Labute approximate surface area is 131 Å². The van der Waals surface area contributed by atoms with Crippen LogP contribution in [0.25, 0.3) is 0 Å². The van der Waals surface area contributed by atoms with Gasteiger partial charge in [-0.1, -0.05) is 25.0 Å². The van der Waals surface area contributed by atoms with Gasteiger partial charge in [0.1, 0.15) is 0 Å². The monoisotopic (exact) mass is 301 g/mol. The van der Waals surface area contributed by atoms with Gasteiger partial charge in [0.25, 0.3) is 0 Å². The van der Waals surface area contributed by atoms with E-state index < -0.39 is 0 Å². The molecule has 2 aromatic rings. The lowest BCUT2D eigenvalue weighted by molar-refractivity contribution is 0.756. The van der Waals surface area contributed by atoms with Crippen LogP contribution in [0.3, 0.4) is 0 Å². The third-order valence-electron chi connectivity index (χ3n) is 4.07. The van der Waals surface area contributed by atoms with Crippen LogP contribution in [0.2, 0.25) is 0 Å². The molecule has 0 aliphatic heterocycles. The maximum atomic E-state index is 4.40. The molecule has 0 spiro atoms. The molecule has 1 aromatic heterocycles. The molecule has 4 heteroatoms. The lowest BCUT2D eigenvalue weighted by Gasteiger charge is -2.14. The van der Waals surface area contributed by atoms with Gasteiger partial charge >= 0.3 is 0 Å². The number of nitrogens with zero attached hydrogens (tertiary/aromatic N) is 2. The van der Waals surface area contributed by atoms with Crippen molar-refractivity contribution < 1.29 is 0 Å². The quantitative estimate of drug-likeness (QED) is 0.889. The number of thioether (sulfide) groups is 1. The molecule has 1 aliphatic rings. The third-order valence-corrected chi connectivity index (χ3v) is 5.48. The maximum Gasteiger partial charge on any atom is 0.0643 e. The average Bonchev–Trinajstić information content (AvgIpc) is 3.08. The first kappa shape index (κ1) is 14.5. The largest absolute Gasteiger partial charge is 0.380 e. The summed E-state index contributed by atoms with van der Waals surface area (Å²) in [6.45, 7) is 2.90. The second-order valence-electron chi connectivity index (χ2n) is 5.79. The number of aryl methyl sites for hydroxylation is 2. The number of nitrogens with one attached hydrogen (secondary N) is 1. The molecule has 1 aromatic carbocycles. The van der Waals surface area contributed by atoms with Gasteiger partial charge in [-0.3, -0.25) is 4.68 Å². The lowest BCUT2D eigenvalue weighted by atomic mass is 10.2. The molecule has 0 bridgehead atoms. The van der Waals surface area contributed by atoms with E-state index >= 15 is 0 Å². The fraction of sp³-hybridized carbons (Fsp3) is 0.471. The Balaban J connectivity index is 1.68. The summed E-state index contributed by atoms with van der Waals surface area (Å²) in [6, 6.07) is 8.67. The van der Waals surface area contributed by atoms with E-state index in [4.69, 9.17) is 0 Å². The summed E-state index contributed by atoms with van der Waals surface area (Å²) in [7, 11) is 1.97. The van der Waals surface area contributed by atoms with Crippen LogP contribution in [0.4, 0.5) is 5.69 Å². The first-order chi connectivity index (χ1) is 10.2. The van der Waals surface area contributed by atoms with Crippen LogP contribution in [0.1, 0.15) is 36.9 Å². The van der Waals surface area contributed by atoms with E-state index in [2.05, 4.69) is 47.8 Å². The molecular weight excluding hydrogens is 278 g/mol. The Kier molecular flexibility index (Phi) is 4.54. The predicted molar refractivity (Wildman–Crippen MR) is 89.8 cm³/mol. The molecule has 1 saturated carbocycles. The number of aromatic nitrogens is 2. The number of hydrogen-bond acceptors (Lipinski definition) is 3. The van der Waals surface area contributed by atoms with Crippen LogP contribution in [0, 0.1) is 6.92 Å². The summed E-state index contributed by atoms with van der Waals surface area (Å²) >= 11 is 2.04. The molecule has 1 N–H and O–H groups in total. The molecule has 1 heterocycles. The summed E-state index contributed by atoms with van der Waals surface area (Å²) in [5, 5.41) is 8.78. The zero-order valence-corrected chi connectivity index (χ0v) is 13.6. The second kappa shape index (κ2) is 6.56. The van der Waals surface area contributed by atoms with E-state index in [9.17, 15) is 0 Å². The van der Waals surface area contributed by atoms with Crippen molar-refractivity contribution in [3.05, 3.63) is 41.7 Å². The highest BCUT2D eigenvalue weighted by Crippen LogP contribution is 2.38. The van der Waals surface area contributed by atoms with Crippen molar-refractivity contribution in [2.45, 2.75) is 49.3 Å². The van der Waals surface area contributed by atoms with Crippen LogP contribution in [-0.2, 0) is 13.6 Å². The minimum Gasteiger partial charge on any atom is -0.380 e. The van der Waals surface area contributed by atoms with Crippen molar-refractivity contribution in [1.82, 2.24) is 9.78 Å². The molecule has 0 unspecified atom stereocenters. The number of para-hydroxylation sites is 1. The van der Waals surface area contributed by atoms with Crippen molar-refractivity contribution in [3.8, 4) is 0 Å². The minimum absolute atomic E-state index is 0.799. The molecule has 1 aliphatic carbocycles. The van der Waals surface area contributed by atoms with Gasteiger partial charge in [-0.05, 0) is 31.9 Å². The first-order valence-electron chi connectivity index (χ1n) is 7.71. The second-order valence-corrected chi connectivity index (χ2v) is 7.13. The number of anilines is 1. The molecule has 0 atom stereocenters. The van der Waals surface area contributed by atoms with Crippen molar-refractivity contribution in [2.75, 3.05) is 5.32 Å². The zero-order valence-electron chi connectivity index (χ0n) is 12.8. The topological polar surface area (TPSA) is 29.9 Å². The first-order valence-corrected chi connectivity index (χ1v) is 8.59. The summed E-state index contributed by atoms with van der Waals surface area (Å²) in [5.41, 5.74) is 3.61. The summed E-state index contributed by atoms with van der Waals surface area (Å²) in [4.78, 5) is 1.38. The van der Waals surface area contributed by atoms with Crippen molar-refractivity contribution >= 4 is 17.4 Å². The summed E-state index contributed by atoms with van der Waals surface area (Å²) in [6.07, 6.45) is 7.60. The van der Waals surface area contributed by atoms with Crippen LogP contribution < -0.4 is 5.32 Å². The highest BCUT2D eigenvalue weighted by atomic mass is 32.2. The standard InChI is InChI=1S/C17H23N3S/c1-13-14(12-20(2)19-13)11-18-16-9-5-6-10-17(16)21-15-7-3-4-8-15/h5-6,9-10,12,15,18H,3-4,7-8,11H2,1-2H3. The van der Waals surface area contributed by atoms with Gasteiger partial charge in [0.2, 0.25) is 0 Å². The molecule has 112 valence electrons. The van der Waals surface area contributed by atoms with Crippen molar-refractivity contribution in [1.29, 1.82) is 0 Å². The van der Waals surface area contributed by atoms with Gasteiger partial charge in [0.15, 0.2) is 0 Å². The van der Waals surface area contributed by atoms with Crippen molar-refractivity contribution in [2.24, 2.45) is 7.05 Å². The van der Waals surface area contributed by atoms with Gasteiger partial charge in [-0.15, -0.1) is 11.8 Å². The summed E-state index contributed by atoms with van der Waals surface area (Å²) < 4.78 is 1.88. The maximum absolute atomic E-state index is 4.40. The van der Waals surface area contributed by atoms with Crippen molar-refractivity contribution in [3.63, 3.8) is 0 Å². The Morgan fingerprint density at radius 1 is 1.29 bits per heavy atom. The fourth-order valence-corrected chi connectivity index (χ4v) is 4.27. The smallest absolute Gasteiger partial charge is 0.0643 e. The van der Waals surface area contributed by atoms with Crippen LogP contribution in [-0.4, -0.2) is 15.0 Å². The van der Waals surface area contributed by atoms with E-state index in [0.29, 0.717) is 0 Å². The highest BCUT2D eigenvalue weighted by Gasteiger charge is 2.17. The SMILES string of the molecule is Cc1nn(C)cc1CNc1ccccc1SC1CCCC1. The normalized spacial score (nSPS) is 15.5. The molecular formula is C17H23N3S. The average molecular weight is 301 g/mol. The van der Waals surface area contributed by atoms with E-state index in [-0.39, 0.29) is 0 Å². The van der Waals surface area contributed by atoms with Gasteiger partial charge in [0, 0.05) is 41.2 Å². The molecule has 0 amide bonds. The van der Waals surface area contributed by atoms with Gasteiger partial charge in [-0.2, -0.15) is 5.10 Å². The van der Waals surface area contributed by atoms with E-state index in [0.717, 1.165) is 17.5 Å². The third kappa shape index (κ3) is 3.62. The van der Waals surface area contributed by atoms with Gasteiger partial charge in [-0.25, -0.2) is 0 Å². The Morgan fingerprint density at radius 2 is 2.05 bits per heavy atom.